The van der Waals surface area contributed by atoms with Gasteiger partial charge in [0.1, 0.15) is 0 Å². The topological polar surface area (TPSA) is 55.4 Å². The standard InChI is InChI=1S/C19H21NO3/c1-12-6-5-7-17(11-12)20-18(21)15(4)23-19(22)16-9-13(2)8-14(3)10-16/h5-11,15H,1-4H3,(H,20,21)/t15-/m0/s1. The van der Waals surface area contributed by atoms with Crippen LogP contribution in [0, 0.1) is 20.8 Å². The van der Waals surface area contributed by atoms with Crippen LogP contribution >= 0.6 is 0 Å². The molecule has 23 heavy (non-hydrogen) atoms. The minimum absolute atomic E-state index is 0.353. The molecule has 0 radical (unpaired) electrons. The highest BCUT2D eigenvalue weighted by Gasteiger charge is 2.19. The van der Waals surface area contributed by atoms with Crippen molar-refractivity contribution in [3.8, 4) is 0 Å². The fraction of sp³-hybridized carbons (Fsp3) is 0.263. The number of ether oxygens (including phenoxy) is 1. The van der Waals surface area contributed by atoms with Crippen molar-refractivity contribution < 1.29 is 14.3 Å². The second kappa shape index (κ2) is 7.09. The number of carbonyl (C=O) groups is 2. The molecule has 1 amide bonds. The molecule has 2 rings (SSSR count). The Morgan fingerprint density at radius 1 is 0.957 bits per heavy atom. The Labute approximate surface area is 136 Å². The molecule has 2 aromatic rings. The van der Waals surface area contributed by atoms with Gasteiger partial charge in [-0.1, -0.05) is 29.3 Å². The second-order valence-corrected chi connectivity index (χ2v) is 5.78. The van der Waals surface area contributed by atoms with Crippen LogP contribution in [0.1, 0.15) is 34.0 Å². The first-order valence-electron chi connectivity index (χ1n) is 7.52. The van der Waals surface area contributed by atoms with Crippen LogP contribution in [0.5, 0.6) is 0 Å². The van der Waals surface area contributed by atoms with Gasteiger partial charge in [0.2, 0.25) is 0 Å². The number of nitrogens with one attached hydrogen (secondary N) is 1. The summed E-state index contributed by atoms with van der Waals surface area (Å²) in [5, 5.41) is 2.75. The average molecular weight is 311 g/mol. The zero-order valence-corrected chi connectivity index (χ0v) is 13.8. The summed E-state index contributed by atoms with van der Waals surface area (Å²) in [6.45, 7) is 7.33. The van der Waals surface area contributed by atoms with E-state index in [2.05, 4.69) is 5.32 Å². The quantitative estimate of drug-likeness (QED) is 0.874. The van der Waals surface area contributed by atoms with Gasteiger partial charge in [-0.05, 0) is 57.5 Å². The molecule has 1 N–H and O–H groups in total. The first-order valence-corrected chi connectivity index (χ1v) is 7.52. The maximum Gasteiger partial charge on any atom is 0.338 e. The fourth-order valence-electron chi connectivity index (χ4n) is 2.34. The van der Waals surface area contributed by atoms with E-state index in [0.29, 0.717) is 11.3 Å². The van der Waals surface area contributed by atoms with Crippen LogP contribution in [0.4, 0.5) is 5.69 Å². The first kappa shape index (κ1) is 16.7. The van der Waals surface area contributed by atoms with Crippen LogP contribution in [0.15, 0.2) is 42.5 Å². The summed E-state index contributed by atoms with van der Waals surface area (Å²) in [5.74, 6) is -0.850. The minimum Gasteiger partial charge on any atom is -0.449 e. The van der Waals surface area contributed by atoms with E-state index in [1.807, 2.05) is 45.0 Å². The van der Waals surface area contributed by atoms with Gasteiger partial charge in [0.15, 0.2) is 6.10 Å². The lowest BCUT2D eigenvalue weighted by atomic mass is 10.1. The lowest BCUT2D eigenvalue weighted by Crippen LogP contribution is -2.30. The van der Waals surface area contributed by atoms with E-state index in [9.17, 15) is 9.59 Å². The van der Waals surface area contributed by atoms with Crippen molar-refractivity contribution >= 4 is 17.6 Å². The molecule has 0 spiro atoms. The second-order valence-electron chi connectivity index (χ2n) is 5.78. The zero-order valence-electron chi connectivity index (χ0n) is 13.8. The number of rotatable bonds is 4. The summed E-state index contributed by atoms with van der Waals surface area (Å²) in [6.07, 6.45) is -0.871. The summed E-state index contributed by atoms with van der Waals surface area (Å²) in [7, 11) is 0. The predicted molar refractivity (Wildman–Crippen MR) is 90.6 cm³/mol. The molecule has 2 aromatic carbocycles. The number of esters is 1. The van der Waals surface area contributed by atoms with Gasteiger partial charge < -0.3 is 10.1 Å². The SMILES string of the molecule is Cc1cccc(NC(=O)[C@H](C)OC(=O)c2cc(C)cc(C)c2)c1. The van der Waals surface area contributed by atoms with Gasteiger partial charge >= 0.3 is 5.97 Å². The van der Waals surface area contributed by atoms with Crippen molar-refractivity contribution in [3.63, 3.8) is 0 Å². The van der Waals surface area contributed by atoms with E-state index in [1.54, 1.807) is 25.1 Å². The number of carbonyl (C=O) groups excluding carboxylic acids is 2. The summed E-state index contributed by atoms with van der Waals surface area (Å²) in [5.41, 5.74) is 4.15. The molecular weight excluding hydrogens is 290 g/mol. The van der Waals surface area contributed by atoms with Crippen LogP contribution in [-0.4, -0.2) is 18.0 Å². The third-order valence-electron chi connectivity index (χ3n) is 3.40. The van der Waals surface area contributed by atoms with Gasteiger partial charge in [0, 0.05) is 5.69 Å². The van der Waals surface area contributed by atoms with Crippen LogP contribution in [0.3, 0.4) is 0 Å². The van der Waals surface area contributed by atoms with E-state index in [1.165, 1.54) is 0 Å². The maximum absolute atomic E-state index is 12.2. The Kier molecular flexibility index (Phi) is 5.16. The summed E-state index contributed by atoms with van der Waals surface area (Å²) in [6, 6.07) is 12.9. The Morgan fingerprint density at radius 3 is 2.22 bits per heavy atom. The molecule has 0 aliphatic carbocycles. The molecule has 0 unspecified atom stereocenters. The van der Waals surface area contributed by atoms with Crippen molar-refractivity contribution in [3.05, 3.63) is 64.7 Å². The number of aryl methyl sites for hydroxylation is 3. The Morgan fingerprint density at radius 2 is 1.61 bits per heavy atom. The van der Waals surface area contributed by atoms with Crippen LogP contribution in [0.25, 0.3) is 0 Å². The molecule has 4 nitrogen and oxygen atoms in total. The van der Waals surface area contributed by atoms with E-state index in [-0.39, 0.29) is 5.91 Å². The van der Waals surface area contributed by atoms with Crippen molar-refractivity contribution in [1.29, 1.82) is 0 Å². The number of hydrogen-bond donors (Lipinski definition) is 1. The molecule has 0 aliphatic heterocycles. The Bertz CT molecular complexity index is 717. The number of anilines is 1. The van der Waals surface area contributed by atoms with Crippen molar-refractivity contribution in [2.45, 2.75) is 33.8 Å². The van der Waals surface area contributed by atoms with Crippen LogP contribution in [-0.2, 0) is 9.53 Å². The molecule has 1 atom stereocenters. The van der Waals surface area contributed by atoms with Crippen molar-refractivity contribution in [2.75, 3.05) is 5.32 Å². The lowest BCUT2D eigenvalue weighted by molar-refractivity contribution is -0.123. The van der Waals surface area contributed by atoms with Gasteiger partial charge in [0.05, 0.1) is 5.56 Å². The normalized spacial score (nSPS) is 11.7. The van der Waals surface area contributed by atoms with E-state index >= 15 is 0 Å². The van der Waals surface area contributed by atoms with Gasteiger partial charge in [-0.2, -0.15) is 0 Å². The molecule has 0 heterocycles. The highest BCUT2D eigenvalue weighted by Crippen LogP contribution is 2.13. The van der Waals surface area contributed by atoms with E-state index in [4.69, 9.17) is 4.74 Å². The Balaban J connectivity index is 2.01. The Hall–Kier alpha value is -2.62. The van der Waals surface area contributed by atoms with Gasteiger partial charge in [-0.15, -0.1) is 0 Å². The van der Waals surface area contributed by atoms with E-state index in [0.717, 1.165) is 16.7 Å². The number of benzene rings is 2. The third kappa shape index (κ3) is 4.68. The lowest BCUT2D eigenvalue weighted by Gasteiger charge is -2.14. The molecule has 0 fully saturated rings. The van der Waals surface area contributed by atoms with Gasteiger partial charge in [0.25, 0.3) is 5.91 Å². The molecule has 0 saturated carbocycles. The van der Waals surface area contributed by atoms with E-state index < -0.39 is 12.1 Å². The molecule has 0 aromatic heterocycles. The van der Waals surface area contributed by atoms with Crippen LogP contribution < -0.4 is 5.32 Å². The van der Waals surface area contributed by atoms with Crippen LogP contribution in [0.2, 0.25) is 0 Å². The molecule has 0 aliphatic rings. The van der Waals surface area contributed by atoms with Gasteiger partial charge in [-0.3, -0.25) is 4.79 Å². The monoisotopic (exact) mass is 311 g/mol. The molecule has 0 bridgehead atoms. The molecule has 0 saturated heterocycles. The number of amides is 1. The molecular formula is C19H21NO3. The minimum atomic E-state index is -0.871. The molecule has 120 valence electrons. The first-order chi connectivity index (χ1) is 10.8. The smallest absolute Gasteiger partial charge is 0.338 e. The average Bonchev–Trinajstić information content (AvgIpc) is 2.46. The fourth-order valence-corrected chi connectivity index (χ4v) is 2.34. The van der Waals surface area contributed by atoms with Gasteiger partial charge in [-0.25, -0.2) is 4.79 Å². The zero-order chi connectivity index (χ0) is 17.0. The van der Waals surface area contributed by atoms with Crippen molar-refractivity contribution in [2.24, 2.45) is 0 Å². The summed E-state index contributed by atoms with van der Waals surface area (Å²) < 4.78 is 5.26. The molecule has 4 heteroatoms. The number of hydrogen-bond acceptors (Lipinski definition) is 3. The van der Waals surface area contributed by atoms with Crippen molar-refractivity contribution in [1.82, 2.24) is 0 Å². The maximum atomic E-state index is 12.2. The largest absolute Gasteiger partial charge is 0.449 e. The summed E-state index contributed by atoms with van der Waals surface area (Å²) in [4.78, 5) is 24.3. The highest BCUT2D eigenvalue weighted by atomic mass is 16.5. The summed E-state index contributed by atoms with van der Waals surface area (Å²) >= 11 is 0. The highest BCUT2D eigenvalue weighted by molar-refractivity contribution is 5.97. The third-order valence-corrected chi connectivity index (χ3v) is 3.40. The predicted octanol–water partition coefficient (Wildman–Crippen LogP) is 3.80.